The van der Waals surface area contributed by atoms with Gasteiger partial charge < -0.3 is 14.2 Å². The van der Waals surface area contributed by atoms with Crippen LogP contribution in [0.25, 0.3) is 10.9 Å². The monoisotopic (exact) mass is 340 g/mol. The number of carbonyl (C=O) groups is 2. The normalized spacial score (nSPS) is 12.3. The van der Waals surface area contributed by atoms with Crippen molar-refractivity contribution >= 4 is 22.7 Å². The molecule has 0 aliphatic rings. The summed E-state index contributed by atoms with van der Waals surface area (Å²) in [6, 6.07) is 7.52. The van der Waals surface area contributed by atoms with Crippen molar-refractivity contribution in [1.82, 2.24) is 10.1 Å². The second-order valence-corrected chi connectivity index (χ2v) is 6.05. The first-order valence-electron chi connectivity index (χ1n) is 8.19. The minimum absolute atomic E-state index is 0.175. The molecule has 6 nitrogen and oxygen atoms in total. The number of ketones is 1. The van der Waals surface area contributed by atoms with Crippen LogP contribution in [0.3, 0.4) is 0 Å². The number of hydrogen-bond donors (Lipinski definition) is 1. The van der Waals surface area contributed by atoms with Crippen LogP contribution in [0.2, 0.25) is 0 Å². The van der Waals surface area contributed by atoms with E-state index in [-0.39, 0.29) is 12.2 Å². The summed E-state index contributed by atoms with van der Waals surface area (Å²) in [6.45, 7) is 5.24. The van der Waals surface area contributed by atoms with Gasteiger partial charge >= 0.3 is 5.97 Å². The minimum atomic E-state index is -0.837. The number of rotatable bonds is 6. The van der Waals surface area contributed by atoms with Crippen molar-refractivity contribution < 1.29 is 18.8 Å². The second kappa shape index (κ2) is 6.93. The zero-order valence-corrected chi connectivity index (χ0v) is 14.5. The van der Waals surface area contributed by atoms with E-state index in [1.807, 2.05) is 38.1 Å². The van der Waals surface area contributed by atoms with E-state index in [1.54, 1.807) is 13.1 Å². The SMILES string of the molecule is Cc1noc(C)c1CCC(=O)O[C@@H](C)C(=O)c1c[nH]c2ccccc12. The number of benzene rings is 1. The van der Waals surface area contributed by atoms with E-state index in [9.17, 15) is 9.59 Å². The average Bonchev–Trinajstić information content (AvgIpc) is 3.16. The van der Waals surface area contributed by atoms with Crippen LogP contribution in [-0.2, 0) is 16.0 Å². The highest BCUT2D eigenvalue weighted by Gasteiger charge is 2.22. The Bertz CT molecular complexity index is 903. The van der Waals surface area contributed by atoms with Crippen LogP contribution in [0, 0.1) is 13.8 Å². The molecule has 2 heterocycles. The Balaban J connectivity index is 1.62. The number of fused-ring (bicyclic) bond motifs is 1. The van der Waals surface area contributed by atoms with Gasteiger partial charge in [0.25, 0.3) is 0 Å². The number of nitrogens with zero attached hydrogens (tertiary/aromatic N) is 1. The van der Waals surface area contributed by atoms with Gasteiger partial charge in [-0.15, -0.1) is 0 Å². The van der Waals surface area contributed by atoms with Crippen LogP contribution in [0.15, 0.2) is 35.0 Å². The van der Waals surface area contributed by atoms with E-state index in [2.05, 4.69) is 10.1 Å². The van der Waals surface area contributed by atoms with Crippen molar-refractivity contribution in [2.45, 2.75) is 39.7 Å². The molecule has 1 aromatic carbocycles. The zero-order chi connectivity index (χ0) is 18.0. The third kappa shape index (κ3) is 3.47. The Morgan fingerprint density at radius 3 is 2.76 bits per heavy atom. The van der Waals surface area contributed by atoms with E-state index in [4.69, 9.17) is 9.26 Å². The molecule has 0 aliphatic heterocycles. The smallest absolute Gasteiger partial charge is 0.306 e. The Morgan fingerprint density at radius 1 is 1.28 bits per heavy atom. The van der Waals surface area contributed by atoms with Crippen LogP contribution < -0.4 is 0 Å². The Hall–Kier alpha value is -2.89. The zero-order valence-electron chi connectivity index (χ0n) is 14.5. The van der Waals surface area contributed by atoms with Gasteiger partial charge in [-0.05, 0) is 33.3 Å². The number of H-pyrrole nitrogens is 1. The van der Waals surface area contributed by atoms with E-state index >= 15 is 0 Å². The van der Waals surface area contributed by atoms with Gasteiger partial charge in [0.15, 0.2) is 6.10 Å². The minimum Gasteiger partial charge on any atom is -0.454 e. The summed E-state index contributed by atoms with van der Waals surface area (Å²) in [6.07, 6.45) is 1.47. The molecule has 0 saturated carbocycles. The number of carbonyl (C=O) groups excluding carboxylic acids is 2. The summed E-state index contributed by atoms with van der Waals surface area (Å²) in [4.78, 5) is 27.7. The summed E-state index contributed by atoms with van der Waals surface area (Å²) in [7, 11) is 0. The number of esters is 1. The first kappa shape index (κ1) is 17.0. The number of Topliss-reactive ketones (excluding diaryl/α,β-unsaturated/α-hetero) is 1. The Labute approximate surface area is 145 Å². The topological polar surface area (TPSA) is 85.2 Å². The molecule has 25 heavy (non-hydrogen) atoms. The standard InChI is InChI=1S/C19H20N2O4/c1-11-14(12(2)25-21-11)8-9-18(22)24-13(3)19(23)16-10-20-17-7-5-4-6-15(16)17/h4-7,10,13,20H,8-9H2,1-3H3/t13-/m0/s1. The summed E-state index contributed by atoms with van der Waals surface area (Å²) < 4.78 is 10.4. The molecule has 3 aromatic rings. The van der Waals surface area contributed by atoms with Crippen molar-refractivity contribution in [2.75, 3.05) is 0 Å². The molecule has 6 heteroatoms. The van der Waals surface area contributed by atoms with E-state index in [1.165, 1.54) is 0 Å². The molecule has 0 fully saturated rings. The maximum absolute atomic E-state index is 12.6. The van der Waals surface area contributed by atoms with Crippen molar-refractivity contribution in [2.24, 2.45) is 0 Å². The van der Waals surface area contributed by atoms with Gasteiger partial charge in [-0.3, -0.25) is 9.59 Å². The summed E-state index contributed by atoms with van der Waals surface area (Å²) in [5.41, 5.74) is 3.09. The van der Waals surface area contributed by atoms with Crippen LogP contribution in [0.4, 0.5) is 0 Å². The van der Waals surface area contributed by atoms with E-state index in [0.29, 0.717) is 17.7 Å². The lowest BCUT2D eigenvalue weighted by molar-refractivity contribution is -0.146. The Kier molecular flexibility index (Phi) is 4.70. The largest absolute Gasteiger partial charge is 0.454 e. The number of aromatic amines is 1. The number of hydrogen-bond acceptors (Lipinski definition) is 5. The fraction of sp³-hybridized carbons (Fsp3) is 0.316. The Morgan fingerprint density at radius 2 is 2.04 bits per heavy atom. The maximum Gasteiger partial charge on any atom is 0.306 e. The molecule has 0 bridgehead atoms. The van der Waals surface area contributed by atoms with Gasteiger partial charge in [0.2, 0.25) is 5.78 Å². The van der Waals surface area contributed by atoms with Gasteiger partial charge in [-0.2, -0.15) is 0 Å². The first-order valence-corrected chi connectivity index (χ1v) is 8.19. The van der Waals surface area contributed by atoms with Crippen molar-refractivity contribution in [3.8, 4) is 0 Å². The molecule has 130 valence electrons. The summed E-state index contributed by atoms with van der Waals surface area (Å²) in [5.74, 6) is 0.0667. The lowest BCUT2D eigenvalue weighted by Gasteiger charge is -2.12. The van der Waals surface area contributed by atoms with Crippen molar-refractivity contribution in [1.29, 1.82) is 0 Å². The molecule has 0 radical (unpaired) electrons. The lowest BCUT2D eigenvalue weighted by Crippen LogP contribution is -2.24. The lowest BCUT2D eigenvalue weighted by atomic mass is 10.1. The third-order valence-corrected chi connectivity index (χ3v) is 4.29. The third-order valence-electron chi connectivity index (χ3n) is 4.29. The molecule has 1 atom stereocenters. The van der Waals surface area contributed by atoms with Crippen molar-refractivity contribution in [3.63, 3.8) is 0 Å². The number of ether oxygens (including phenoxy) is 1. The quantitative estimate of drug-likeness (QED) is 0.548. The maximum atomic E-state index is 12.6. The van der Waals surface area contributed by atoms with Crippen LogP contribution >= 0.6 is 0 Å². The molecule has 1 N–H and O–H groups in total. The fourth-order valence-corrected chi connectivity index (χ4v) is 2.89. The summed E-state index contributed by atoms with van der Waals surface area (Å²) in [5, 5.41) is 4.69. The number of para-hydroxylation sites is 1. The van der Waals surface area contributed by atoms with Gasteiger partial charge in [0.05, 0.1) is 5.69 Å². The average molecular weight is 340 g/mol. The molecule has 2 aromatic heterocycles. The molecule has 0 amide bonds. The van der Waals surface area contributed by atoms with Crippen molar-refractivity contribution in [3.05, 3.63) is 53.0 Å². The first-order chi connectivity index (χ1) is 12.0. The fourth-order valence-electron chi connectivity index (χ4n) is 2.89. The van der Waals surface area contributed by atoms with E-state index < -0.39 is 12.1 Å². The van der Waals surface area contributed by atoms with Gasteiger partial charge in [0.1, 0.15) is 5.76 Å². The molecule has 0 aliphatic carbocycles. The molecule has 0 saturated heterocycles. The van der Waals surface area contributed by atoms with Crippen LogP contribution in [-0.4, -0.2) is 28.0 Å². The molecular weight excluding hydrogens is 320 g/mol. The predicted molar refractivity (Wildman–Crippen MR) is 92.5 cm³/mol. The van der Waals surface area contributed by atoms with E-state index in [0.717, 1.165) is 22.2 Å². The molecular formula is C19H20N2O4. The predicted octanol–water partition coefficient (Wildman–Crippen LogP) is 3.52. The van der Waals surface area contributed by atoms with Gasteiger partial charge in [0, 0.05) is 34.6 Å². The number of aryl methyl sites for hydroxylation is 2. The van der Waals surface area contributed by atoms with Gasteiger partial charge in [-0.1, -0.05) is 23.4 Å². The number of nitrogens with one attached hydrogen (secondary N) is 1. The molecule has 3 rings (SSSR count). The van der Waals surface area contributed by atoms with Gasteiger partial charge in [-0.25, -0.2) is 0 Å². The molecule has 0 spiro atoms. The van der Waals surface area contributed by atoms with Crippen LogP contribution in [0.1, 0.15) is 40.7 Å². The highest BCUT2D eigenvalue weighted by molar-refractivity contribution is 6.10. The highest BCUT2D eigenvalue weighted by atomic mass is 16.5. The second-order valence-electron chi connectivity index (χ2n) is 6.05. The number of aromatic nitrogens is 2. The van der Waals surface area contributed by atoms with Crippen LogP contribution in [0.5, 0.6) is 0 Å². The summed E-state index contributed by atoms with van der Waals surface area (Å²) >= 11 is 0. The molecule has 0 unspecified atom stereocenters. The highest BCUT2D eigenvalue weighted by Crippen LogP contribution is 2.20.